The van der Waals surface area contributed by atoms with Crippen molar-refractivity contribution in [1.29, 1.82) is 0 Å². The number of amides is 1. The molecule has 2 atom stereocenters. The minimum atomic E-state index is 0. The highest BCUT2D eigenvalue weighted by Gasteiger charge is 2.22. The van der Waals surface area contributed by atoms with Crippen molar-refractivity contribution in [1.82, 2.24) is 10.6 Å². The van der Waals surface area contributed by atoms with Crippen molar-refractivity contribution >= 4 is 18.3 Å². The van der Waals surface area contributed by atoms with Crippen LogP contribution in [0.4, 0.5) is 0 Å². The Kier molecular flexibility index (Phi) is 6.09. The van der Waals surface area contributed by atoms with E-state index in [1.54, 1.807) is 0 Å². The summed E-state index contributed by atoms with van der Waals surface area (Å²) in [6.07, 6.45) is 4.40. The van der Waals surface area contributed by atoms with Crippen molar-refractivity contribution in [2.45, 2.75) is 31.7 Å². The number of rotatable bonds is 3. The first-order valence-corrected chi connectivity index (χ1v) is 5.95. The molecule has 0 bridgehead atoms. The Labute approximate surface area is 103 Å². The lowest BCUT2D eigenvalue weighted by molar-refractivity contribution is -0.123. The molecule has 94 valence electrons. The van der Waals surface area contributed by atoms with Gasteiger partial charge < -0.3 is 15.4 Å². The van der Waals surface area contributed by atoms with Crippen molar-refractivity contribution in [3.63, 3.8) is 0 Å². The summed E-state index contributed by atoms with van der Waals surface area (Å²) in [5, 5.41) is 6.21. The standard InChI is InChI=1S/C11H20N2O2.ClH/c14-11(10-4-1-5-12-10)13-7-9-3-2-6-15-8-9;/h9-10,12H,1-8H2,(H,13,14);1H/t9?,10-;/m0./s1. The SMILES string of the molecule is Cl.O=C(NCC1CCCOC1)[C@@H]1CCCN1. The van der Waals surface area contributed by atoms with E-state index in [9.17, 15) is 4.79 Å². The average molecular weight is 249 g/mol. The quantitative estimate of drug-likeness (QED) is 0.773. The molecule has 2 aliphatic rings. The molecule has 2 aliphatic heterocycles. The molecule has 0 spiro atoms. The van der Waals surface area contributed by atoms with Crippen LogP contribution in [0.25, 0.3) is 0 Å². The monoisotopic (exact) mass is 248 g/mol. The lowest BCUT2D eigenvalue weighted by Gasteiger charge is -2.23. The van der Waals surface area contributed by atoms with Crippen LogP contribution in [0, 0.1) is 5.92 Å². The van der Waals surface area contributed by atoms with Crippen LogP contribution in [0.2, 0.25) is 0 Å². The van der Waals surface area contributed by atoms with E-state index in [2.05, 4.69) is 10.6 Å². The molecular formula is C11H21ClN2O2. The fourth-order valence-electron chi connectivity index (χ4n) is 2.24. The molecule has 0 saturated carbocycles. The molecule has 0 radical (unpaired) electrons. The summed E-state index contributed by atoms with van der Waals surface area (Å²) in [6.45, 7) is 3.44. The lowest BCUT2D eigenvalue weighted by Crippen LogP contribution is -2.43. The van der Waals surface area contributed by atoms with Crippen LogP contribution in [0.15, 0.2) is 0 Å². The normalized spacial score (nSPS) is 29.5. The van der Waals surface area contributed by atoms with E-state index >= 15 is 0 Å². The topological polar surface area (TPSA) is 50.4 Å². The molecule has 2 fully saturated rings. The molecule has 0 aromatic heterocycles. The molecule has 0 aliphatic carbocycles. The molecule has 1 unspecified atom stereocenters. The summed E-state index contributed by atoms with van der Waals surface area (Å²) in [5.74, 6) is 0.683. The van der Waals surface area contributed by atoms with Gasteiger partial charge in [0, 0.05) is 13.2 Å². The molecule has 4 nitrogen and oxygen atoms in total. The summed E-state index contributed by atoms with van der Waals surface area (Å²) in [4.78, 5) is 11.7. The summed E-state index contributed by atoms with van der Waals surface area (Å²) in [7, 11) is 0. The van der Waals surface area contributed by atoms with Gasteiger partial charge in [-0.25, -0.2) is 0 Å². The van der Waals surface area contributed by atoms with Crippen molar-refractivity contribution in [3.8, 4) is 0 Å². The lowest BCUT2D eigenvalue weighted by atomic mass is 10.0. The molecule has 16 heavy (non-hydrogen) atoms. The number of carbonyl (C=O) groups is 1. The van der Waals surface area contributed by atoms with Crippen LogP contribution < -0.4 is 10.6 Å². The highest BCUT2D eigenvalue weighted by Crippen LogP contribution is 2.12. The maximum atomic E-state index is 11.7. The Morgan fingerprint density at radius 1 is 1.38 bits per heavy atom. The third-order valence-electron chi connectivity index (χ3n) is 3.20. The predicted octanol–water partition coefficient (Wildman–Crippen LogP) is 0.703. The minimum Gasteiger partial charge on any atom is -0.381 e. The Balaban J connectivity index is 0.00000128. The fourth-order valence-corrected chi connectivity index (χ4v) is 2.24. The molecular weight excluding hydrogens is 228 g/mol. The van der Waals surface area contributed by atoms with E-state index in [1.807, 2.05) is 0 Å². The number of carbonyl (C=O) groups excluding carboxylic acids is 1. The van der Waals surface area contributed by atoms with Crippen LogP contribution in [0.3, 0.4) is 0 Å². The van der Waals surface area contributed by atoms with Gasteiger partial charge >= 0.3 is 0 Å². The second-order valence-electron chi connectivity index (χ2n) is 4.48. The Morgan fingerprint density at radius 2 is 2.25 bits per heavy atom. The molecule has 0 aromatic rings. The molecule has 5 heteroatoms. The molecule has 2 rings (SSSR count). The summed E-state index contributed by atoms with van der Waals surface area (Å²) >= 11 is 0. The number of ether oxygens (including phenoxy) is 1. The van der Waals surface area contributed by atoms with Crippen LogP contribution in [0.5, 0.6) is 0 Å². The summed E-state index contributed by atoms with van der Waals surface area (Å²) in [6, 6.07) is 0.0505. The van der Waals surface area contributed by atoms with Crippen molar-refractivity contribution in [3.05, 3.63) is 0 Å². The fraction of sp³-hybridized carbons (Fsp3) is 0.909. The molecule has 2 saturated heterocycles. The third kappa shape index (κ3) is 3.92. The van der Waals surface area contributed by atoms with E-state index in [-0.39, 0.29) is 24.4 Å². The van der Waals surface area contributed by atoms with Crippen LogP contribution >= 0.6 is 12.4 Å². The van der Waals surface area contributed by atoms with Crippen LogP contribution in [-0.2, 0) is 9.53 Å². The molecule has 2 heterocycles. The smallest absolute Gasteiger partial charge is 0.237 e. The first-order valence-electron chi connectivity index (χ1n) is 5.95. The summed E-state index contributed by atoms with van der Waals surface area (Å²) in [5.41, 5.74) is 0. The van der Waals surface area contributed by atoms with Crippen LogP contribution in [0.1, 0.15) is 25.7 Å². The van der Waals surface area contributed by atoms with E-state index < -0.39 is 0 Å². The Hall–Kier alpha value is -0.320. The van der Waals surface area contributed by atoms with Gasteiger partial charge in [0.25, 0.3) is 0 Å². The van der Waals surface area contributed by atoms with Crippen molar-refractivity contribution in [2.24, 2.45) is 5.92 Å². The highest BCUT2D eigenvalue weighted by molar-refractivity contribution is 5.85. The van der Waals surface area contributed by atoms with E-state index in [0.717, 1.165) is 45.6 Å². The zero-order valence-electron chi connectivity index (χ0n) is 9.54. The molecule has 0 aromatic carbocycles. The van der Waals surface area contributed by atoms with E-state index in [4.69, 9.17) is 4.74 Å². The van der Waals surface area contributed by atoms with Gasteiger partial charge in [0.1, 0.15) is 0 Å². The zero-order chi connectivity index (χ0) is 10.5. The van der Waals surface area contributed by atoms with E-state index in [1.165, 1.54) is 6.42 Å². The first-order chi connectivity index (χ1) is 7.36. The summed E-state index contributed by atoms with van der Waals surface area (Å²) < 4.78 is 5.37. The maximum absolute atomic E-state index is 11.7. The predicted molar refractivity (Wildman–Crippen MR) is 64.8 cm³/mol. The Bertz CT molecular complexity index is 214. The number of hydrogen-bond acceptors (Lipinski definition) is 3. The number of halogens is 1. The second kappa shape index (κ2) is 7.09. The van der Waals surface area contributed by atoms with Crippen LogP contribution in [-0.4, -0.2) is 38.3 Å². The Morgan fingerprint density at radius 3 is 2.88 bits per heavy atom. The van der Waals surface area contributed by atoms with Gasteiger partial charge in [-0.2, -0.15) is 0 Å². The van der Waals surface area contributed by atoms with Gasteiger partial charge in [-0.3, -0.25) is 4.79 Å². The second-order valence-corrected chi connectivity index (χ2v) is 4.48. The largest absolute Gasteiger partial charge is 0.381 e. The van der Waals surface area contributed by atoms with E-state index in [0.29, 0.717) is 5.92 Å². The van der Waals surface area contributed by atoms with Crippen molar-refractivity contribution < 1.29 is 9.53 Å². The first kappa shape index (κ1) is 13.7. The zero-order valence-corrected chi connectivity index (χ0v) is 10.4. The maximum Gasteiger partial charge on any atom is 0.237 e. The van der Waals surface area contributed by atoms with Gasteiger partial charge in [-0.1, -0.05) is 0 Å². The van der Waals surface area contributed by atoms with Gasteiger partial charge in [0.2, 0.25) is 5.91 Å². The number of nitrogens with one attached hydrogen (secondary N) is 2. The minimum absolute atomic E-state index is 0. The molecule has 2 N–H and O–H groups in total. The highest BCUT2D eigenvalue weighted by atomic mass is 35.5. The molecule has 1 amide bonds. The van der Waals surface area contributed by atoms with Gasteiger partial charge in [-0.15, -0.1) is 12.4 Å². The van der Waals surface area contributed by atoms with Gasteiger partial charge in [0.05, 0.1) is 12.6 Å². The van der Waals surface area contributed by atoms with Gasteiger partial charge in [0.15, 0.2) is 0 Å². The van der Waals surface area contributed by atoms with Crippen molar-refractivity contribution in [2.75, 3.05) is 26.3 Å². The van der Waals surface area contributed by atoms with Gasteiger partial charge in [-0.05, 0) is 38.1 Å². The third-order valence-corrected chi connectivity index (χ3v) is 3.20. The average Bonchev–Trinajstić information content (AvgIpc) is 2.81. The number of hydrogen-bond donors (Lipinski definition) is 2.